The topological polar surface area (TPSA) is 69.7 Å². The number of benzene rings is 2. The van der Waals surface area contributed by atoms with Gasteiger partial charge in [-0.25, -0.2) is 17.5 Å². The second-order valence-corrected chi connectivity index (χ2v) is 8.59. The minimum absolute atomic E-state index is 0.208. The quantitative estimate of drug-likeness (QED) is 0.705. The average Bonchev–Trinajstić information content (AvgIpc) is 2.57. The zero-order chi connectivity index (χ0) is 19.1. The van der Waals surface area contributed by atoms with Crippen LogP contribution in [0.5, 0.6) is 0 Å². The van der Waals surface area contributed by atoms with Gasteiger partial charge in [0.15, 0.2) is 11.6 Å². The predicted molar refractivity (Wildman–Crippen MR) is 98.1 cm³/mol. The molecule has 2 aromatic rings. The van der Waals surface area contributed by atoms with Gasteiger partial charge < -0.3 is 5.73 Å². The van der Waals surface area contributed by atoms with Crippen LogP contribution in [0.1, 0.15) is 18.9 Å². The van der Waals surface area contributed by atoms with Crippen molar-refractivity contribution >= 4 is 22.2 Å². The summed E-state index contributed by atoms with van der Waals surface area (Å²) in [4.78, 5) is 0. The highest BCUT2D eigenvalue weighted by atomic mass is 32.3. The van der Waals surface area contributed by atoms with Crippen molar-refractivity contribution in [3.8, 4) is 0 Å². The monoisotopic (exact) mass is 386 g/mol. The Bertz CT molecular complexity index is 819. The molecule has 0 amide bonds. The largest absolute Gasteiger partial charge is 0.330 e. The number of rotatable bonds is 4. The van der Waals surface area contributed by atoms with E-state index in [0.717, 1.165) is 16.4 Å². The maximum absolute atomic E-state index is 14.5. The third-order valence-corrected chi connectivity index (χ3v) is 7.14. The van der Waals surface area contributed by atoms with Gasteiger partial charge in [-0.3, -0.25) is 9.11 Å². The smallest absolute Gasteiger partial charge is 0.184 e. The molecule has 4 nitrogen and oxygen atoms in total. The standard InChI is InChI=1S/C18H21F3N2O2S/c1-11(7-8-22)17-10-12-9-13(19)5-6-15(12)23(26(17,24)25)16-4-2-3-14(20)18(16)21/h2-6,9,11,17,24-25H,7-8,10,22H2,1H3. The third-order valence-electron chi connectivity index (χ3n) is 4.76. The van der Waals surface area contributed by atoms with Crippen LogP contribution in [0, 0.1) is 23.4 Å². The Labute approximate surface area is 151 Å². The van der Waals surface area contributed by atoms with E-state index in [1.54, 1.807) is 0 Å². The summed E-state index contributed by atoms with van der Waals surface area (Å²) in [6.07, 6.45) is 0.731. The molecule has 1 heterocycles. The van der Waals surface area contributed by atoms with E-state index < -0.39 is 33.5 Å². The van der Waals surface area contributed by atoms with E-state index in [1.165, 1.54) is 24.3 Å². The molecule has 0 saturated heterocycles. The highest BCUT2D eigenvalue weighted by molar-refractivity contribution is 8.26. The molecule has 0 fully saturated rings. The van der Waals surface area contributed by atoms with Crippen molar-refractivity contribution in [1.82, 2.24) is 0 Å². The third kappa shape index (κ3) is 3.18. The van der Waals surface area contributed by atoms with Crippen molar-refractivity contribution in [2.24, 2.45) is 11.7 Å². The van der Waals surface area contributed by atoms with Crippen LogP contribution in [0.4, 0.5) is 24.5 Å². The predicted octanol–water partition coefficient (Wildman–Crippen LogP) is 4.82. The Morgan fingerprint density at radius 2 is 1.92 bits per heavy atom. The second-order valence-electron chi connectivity index (χ2n) is 6.50. The highest BCUT2D eigenvalue weighted by Gasteiger charge is 2.43. The molecule has 0 radical (unpaired) electrons. The van der Waals surface area contributed by atoms with Crippen LogP contribution < -0.4 is 10.0 Å². The van der Waals surface area contributed by atoms with Crippen LogP contribution >= 0.6 is 10.8 Å². The Kier molecular flexibility index (Phi) is 5.21. The van der Waals surface area contributed by atoms with Gasteiger partial charge in [-0.2, -0.15) is 0 Å². The fourth-order valence-corrected chi connectivity index (χ4v) is 5.74. The minimum Gasteiger partial charge on any atom is -0.330 e. The lowest BCUT2D eigenvalue weighted by molar-refractivity contribution is 0.412. The summed E-state index contributed by atoms with van der Waals surface area (Å²) in [7, 11) is -3.56. The van der Waals surface area contributed by atoms with Crippen molar-refractivity contribution in [1.29, 1.82) is 0 Å². The summed E-state index contributed by atoms with van der Waals surface area (Å²) in [5, 5.41) is -0.692. The van der Waals surface area contributed by atoms with E-state index in [-0.39, 0.29) is 23.7 Å². The Hall–Kier alpha value is -1.74. The second kappa shape index (κ2) is 7.11. The van der Waals surface area contributed by atoms with Crippen LogP contribution in [-0.2, 0) is 6.42 Å². The van der Waals surface area contributed by atoms with Gasteiger partial charge in [0.05, 0.1) is 10.9 Å². The summed E-state index contributed by atoms with van der Waals surface area (Å²) in [5.41, 5.74) is 6.07. The fourth-order valence-electron chi connectivity index (χ4n) is 3.41. The molecule has 8 heteroatoms. The molecule has 1 aliphatic heterocycles. The zero-order valence-electron chi connectivity index (χ0n) is 14.2. The van der Waals surface area contributed by atoms with Crippen LogP contribution in [0.25, 0.3) is 0 Å². The summed E-state index contributed by atoms with van der Waals surface area (Å²) < 4.78 is 65.0. The molecule has 1 aliphatic rings. The van der Waals surface area contributed by atoms with E-state index in [1.807, 2.05) is 6.92 Å². The SMILES string of the molecule is CC(CCN)C1Cc2cc(F)ccc2N(c2cccc(F)c2F)S1(O)O. The average molecular weight is 386 g/mol. The summed E-state index contributed by atoms with van der Waals surface area (Å²) in [6, 6.07) is 7.31. The number of nitrogens with two attached hydrogens (primary N) is 1. The van der Waals surface area contributed by atoms with E-state index >= 15 is 0 Å². The number of halogens is 3. The van der Waals surface area contributed by atoms with Crippen LogP contribution in [0.2, 0.25) is 0 Å². The molecule has 2 unspecified atom stereocenters. The molecule has 3 rings (SSSR count). The van der Waals surface area contributed by atoms with Crippen molar-refractivity contribution in [2.45, 2.75) is 25.0 Å². The summed E-state index contributed by atoms with van der Waals surface area (Å²) in [6.45, 7) is 2.16. The number of hydrogen-bond acceptors (Lipinski definition) is 4. The zero-order valence-corrected chi connectivity index (χ0v) is 15.0. The lowest BCUT2D eigenvalue weighted by atomic mass is 9.96. The first-order valence-electron chi connectivity index (χ1n) is 8.27. The molecule has 0 spiro atoms. The van der Waals surface area contributed by atoms with Gasteiger partial charge in [0.1, 0.15) is 11.5 Å². The van der Waals surface area contributed by atoms with Crippen molar-refractivity contribution in [3.05, 3.63) is 59.4 Å². The van der Waals surface area contributed by atoms with E-state index in [0.29, 0.717) is 18.5 Å². The molecule has 0 aromatic heterocycles. The van der Waals surface area contributed by atoms with Gasteiger partial charge in [0, 0.05) is 0 Å². The molecule has 26 heavy (non-hydrogen) atoms. The highest BCUT2D eigenvalue weighted by Crippen LogP contribution is 2.62. The van der Waals surface area contributed by atoms with Gasteiger partial charge in [0.2, 0.25) is 0 Å². The summed E-state index contributed by atoms with van der Waals surface area (Å²) >= 11 is 0. The molecule has 4 N–H and O–H groups in total. The number of nitrogens with zero attached hydrogens (tertiary/aromatic N) is 1. The van der Waals surface area contributed by atoms with Gasteiger partial charge >= 0.3 is 0 Å². The first-order valence-corrected chi connectivity index (χ1v) is 9.84. The molecule has 0 saturated carbocycles. The van der Waals surface area contributed by atoms with Gasteiger partial charge in [-0.05, 0) is 61.2 Å². The molecular weight excluding hydrogens is 365 g/mol. The molecule has 2 aromatic carbocycles. The minimum atomic E-state index is -3.56. The van der Waals surface area contributed by atoms with Crippen molar-refractivity contribution in [3.63, 3.8) is 0 Å². The normalized spacial score (nSPS) is 21.2. The first-order chi connectivity index (χ1) is 12.3. The Morgan fingerprint density at radius 3 is 2.62 bits per heavy atom. The maximum Gasteiger partial charge on any atom is 0.184 e. The molecular formula is C18H21F3N2O2S. The number of fused-ring (bicyclic) bond motifs is 1. The maximum atomic E-state index is 14.5. The van der Waals surface area contributed by atoms with Crippen molar-refractivity contribution in [2.75, 3.05) is 10.8 Å². The lowest BCUT2D eigenvalue weighted by Crippen LogP contribution is -2.41. The number of anilines is 2. The van der Waals surface area contributed by atoms with Crippen LogP contribution in [0.3, 0.4) is 0 Å². The van der Waals surface area contributed by atoms with Crippen LogP contribution in [-0.4, -0.2) is 20.9 Å². The Balaban J connectivity index is 2.21. The van der Waals surface area contributed by atoms with Gasteiger partial charge in [-0.15, -0.1) is 10.8 Å². The lowest BCUT2D eigenvalue weighted by Gasteiger charge is -2.54. The van der Waals surface area contributed by atoms with Crippen molar-refractivity contribution < 1.29 is 22.3 Å². The van der Waals surface area contributed by atoms with Gasteiger partial charge in [-0.1, -0.05) is 13.0 Å². The molecule has 0 aliphatic carbocycles. The first kappa shape index (κ1) is 19.0. The molecule has 142 valence electrons. The summed E-state index contributed by atoms with van der Waals surface area (Å²) in [5.74, 6) is -2.97. The Morgan fingerprint density at radius 1 is 1.19 bits per heavy atom. The van der Waals surface area contributed by atoms with E-state index in [2.05, 4.69) is 0 Å². The van der Waals surface area contributed by atoms with E-state index in [9.17, 15) is 22.3 Å². The fraction of sp³-hybridized carbons (Fsp3) is 0.333. The number of hydrogen-bond donors (Lipinski definition) is 3. The van der Waals surface area contributed by atoms with Crippen LogP contribution in [0.15, 0.2) is 36.4 Å². The molecule has 0 bridgehead atoms. The van der Waals surface area contributed by atoms with E-state index in [4.69, 9.17) is 5.73 Å². The van der Waals surface area contributed by atoms with Gasteiger partial charge in [0.25, 0.3) is 0 Å². The molecule has 2 atom stereocenters.